The van der Waals surface area contributed by atoms with E-state index < -0.39 is 5.54 Å². The number of imidazole rings is 1. The van der Waals surface area contributed by atoms with Crippen molar-refractivity contribution in [3.05, 3.63) is 30.1 Å². The van der Waals surface area contributed by atoms with E-state index in [0.717, 1.165) is 36.4 Å². The van der Waals surface area contributed by atoms with Gasteiger partial charge in [0.1, 0.15) is 11.4 Å². The first-order valence-corrected chi connectivity index (χ1v) is 8.86. The molecule has 0 unspecified atom stereocenters. The molecular formula is C18H23N5O2. The Morgan fingerprint density at radius 1 is 1.20 bits per heavy atom. The number of fused-ring (bicyclic) bond motifs is 1. The Morgan fingerprint density at radius 2 is 1.96 bits per heavy atom. The van der Waals surface area contributed by atoms with Crippen molar-refractivity contribution in [1.29, 1.82) is 0 Å². The highest BCUT2D eigenvalue weighted by molar-refractivity contribution is 6.07. The first kappa shape index (κ1) is 16.1. The molecule has 1 spiro atoms. The maximum atomic E-state index is 12.7. The van der Waals surface area contributed by atoms with Crippen LogP contribution in [-0.4, -0.2) is 51.6 Å². The number of nitrogens with one attached hydrogen (secondary N) is 2. The van der Waals surface area contributed by atoms with E-state index >= 15 is 0 Å². The lowest BCUT2D eigenvalue weighted by Crippen LogP contribution is -2.53. The Kier molecular flexibility index (Phi) is 3.95. The predicted octanol–water partition coefficient (Wildman–Crippen LogP) is 1.18. The quantitative estimate of drug-likeness (QED) is 0.819. The second kappa shape index (κ2) is 6.15. The molecule has 2 N–H and O–H groups in total. The van der Waals surface area contributed by atoms with Crippen LogP contribution in [0.2, 0.25) is 0 Å². The summed E-state index contributed by atoms with van der Waals surface area (Å²) in [6.45, 7) is 1.96. The monoisotopic (exact) mass is 341 g/mol. The summed E-state index contributed by atoms with van der Waals surface area (Å²) in [7, 11) is 2.00. The van der Waals surface area contributed by atoms with Crippen LogP contribution in [0.4, 0.5) is 4.79 Å². The summed E-state index contributed by atoms with van der Waals surface area (Å²) in [5.74, 6) is 0.911. The molecule has 0 atom stereocenters. The SMILES string of the molecule is Cn1c(CCCN2C(=O)NC3(CCNCC3)C2=O)nc2ccccc21. The molecule has 3 heterocycles. The van der Waals surface area contributed by atoms with Gasteiger partial charge in [-0.2, -0.15) is 0 Å². The third-order valence-corrected chi connectivity index (χ3v) is 5.36. The molecule has 132 valence electrons. The number of aromatic nitrogens is 2. The number of benzene rings is 1. The number of carbonyl (C=O) groups excluding carboxylic acids is 2. The minimum Gasteiger partial charge on any atom is -0.331 e. The summed E-state index contributed by atoms with van der Waals surface area (Å²) in [6, 6.07) is 7.77. The van der Waals surface area contributed by atoms with Gasteiger partial charge in [-0.1, -0.05) is 12.1 Å². The lowest BCUT2D eigenvalue weighted by atomic mass is 9.88. The molecule has 0 radical (unpaired) electrons. The number of aryl methyl sites for hydroxylation is 2. The van der Waals surface area contributed by atoms with Gasteiger partial charge < -0.3 is 15.2 Å². The fourth-order valence-corrected chi connectivity index (χ4v) is 3.89. The van der Waals surface area contributed by atoms with Crippen molar-refractivity contribution in [3.63, 3.8) is 0 Å². The number of para-hydroxylation sites is 2. The third kappa shape index (κ3) is 2.68. The Morgan fingerprint density at radius 3 is 2.72 bits per heavy atom. The third-order valence-electron chi connectivity index (χ3n) is 5.36. The summed E-state index contributed by atoms with van der Waals surface area (Å²) in [6.07, 6.45) is 2.78. The lowest BCUT2D eigenvalue weighted by Gasteiger charge is -2.31. The molecule has 2 aliphatic heterocycles. The second-order valence-corrected chi connectivity index (χ2v) is 6.90. The molecular weight excluding hydrogens is 318 g/mol. The Labute approximate surface area is 146 Å². The van der Waals surface area contributed by atoms with Gasteiger partial charge in [0, 0.05) is 20.0 Å². The topological polar surface area (TPSA) is 79.3 Å². The van der Waals surface area contributed by atoms with Gasteiger partial charge in [-0.15, -0.1) is 0 Å². The standard InChI is InChI=1S/C18H23N5O2/c1-22-14-6-3-2-5-13(14)20-15(22)7-4-12-23-16(24)18(21-17(23)25)8-10-19-11-9-18/h2-3,5-6,19H,4,7-12H2,1H3,(H,21,25). The molecule has 2 saturated heterocycles. The first-order chi connectivity index (χ1) is 12.1. The van der Waals surface area contributed by atoms with Crippen LogP contribution < -0.4 is 10.6 Å². The van der Waals surface area contributed by atoms with Crippen LogP contribution in [-0.2, 0) is 18.3 Å². The van der Waals surface area contributed by atoms with Gasteiger partial charge in [0.05, 0.1) is 11.0 Å². The lowest BCUT2D eigenvalue weighted by molar-refractivity contribution is -0.132. The Hall–Kier alpha value is -2.41. The van der Waals surface area contributed by atoms with Crippen molar-refractivity contribution in [2.45, 2.75) is 31.2 Å². The number of urea groups is 1. The maximum Gasteiger partial charge on any atom is 0.325 e. The average molecular weight is 341 g/mol. The highest BCUT2D eigenvalue weighted by atomic mass is 16.2. The Balaban J connectivity index is 1.42. The molecule has 7 nitrogen and oxygen atoms in total. The normalized spacial score (nSPS) is 19.8. The molecule has 1 aromatic heterocycles. The summed E-state index contributed by atoms with van der Waals surface area (Å²) in [5, 5.41) is 6.16. The van der Waals surface area contributed by atoms with E-state index in [4.69, 9.17) is 0 Å². The highest BCUT2D eigenvalue weighted by Gasteiger charge is 2.50. The van der Waals surface area contributed by atoms with Gasteiger partial charge in [-0.05, 0) is 44.5 Å². The predicted molar refractivity (Wildman–Crippen MR) is 94.1 cm³/mol. The molecule has 0 aliphatic carbocycles. The Bertz CT molecular complexity index is 822. The second-order valence-electron chi connectivity index (χ2n) is 6.90. The van der Waals surface area contributed by atoms with Gasteiger partial charge in [0.2, 0.25) is 0 Å². The highest BCUT2D eigenvalue weighted by Crippen LogP contribution is 2.27. The fraction of sp³-hybridized carbons (Fsp3) is 0.500. The van der Waals surface area contributed by atoms with Crippen LogP contribution in [0.25, 0.3) is 11.0 Å². The van der Waals surface area contributed by atoms with Crippen LogP contribution in [0.3, 0.4) is 0 Å². The van der Waals surface area contributed by atoms with Crippen molar-refractivity contribution in [2.24, 2.45) is 7.05 Å². The number of hydrogen-bond donors (Lipinski definition) is 2. The van der Waals surface area contributed by atoms with E-state index in [-0.39, 0.29) is 11.9 Å². The van der Waals surface area contributed by atoms with Crippen molar-refractivity contribution >= 4 is 23.0 Å². The van der Waals surface area contributed by atoms with E-state index in [1.807, 2.05) is 31.3 Å². The summed E-state index contributed by atoms with van der Waals surface area (Å²) < 4.78 is 2.08. The molecule has 3 amide bonds. The van der Waals surface area contributed by atoms with Crippen LogP contribution >= 0.6 is 0 Å². The zero-order valence-corrected chi connectivity index (χ0v) is 14.4. The molecule has 25 heavy (non-hydrogen) atoms. The molecule has 0 saturated carbocycles. The number of piperidine rings is 1. The summed E-state index contributed by atoms with van der Waals surface area (Å²) in [5.41, 5.74) is 1.39. The smallest absolute Gasteiger partial charge is 0.325 e. The van der Waals surface area contributed by atoms with Gasteiger partial charge in [0.15, 0.2) is 0 Å². The van der Waals surface area contributed by atoms with E-state index in [2.05, 4.69) is 20.2 Å². The molecule has 2 aliphatic rings. The minimum atomic E-state index is -0.680. The van der Waals surface area contributed by atoms with Crippen molar-refractivity contribution < 1.29 is 9.59 Å². The minimum absolute atomic E-state index is 0.0657. The largest absolute Gasteiger partial charge is 0.331 e. The van der Waals surface area contributed by atoms with Crippen LogP contribution in [0.5, 0.6) is 0 Å². The number of amides is 3. The zero-order valence-electron chi connectivity index (χ0n) is 14.4. The van der Waals surface area contributed by atoms with Crippen molar-refractivity contribution in [3.8, 4) is 0 Å². The molecule has 2 aromatic rings. The van der Waals surface area contributed by atoms with Crippen molar-refractivity contribution in [2.75, 3.05) is 19.6 Å². The molecule has 0 bridgehead atoms. The van der Waals surface area contributed by atoms with E-state index in [1.54, 1.807) is 0 Å². The number of hydrogen-bond acceptors (Lipinski definition) is 4. The molecule has 2 fully saturated rings. The zero-order chi connectivity index (χ0) is 17.4. The van der Waals surface area contributed by atoms with E-state index in [0.29, 0.717) is 25.8 Å². The first-order valence-electron chi connectivity index (χ1n) is 8.86. The summed E-state index contributed by atoms with van der Waals surface area (Å²) in [4.78, 5) is 31.0. The number of imide groups is 1. The number of rotatable bonds is 4. The number of carbonyl (C=O) groups is 2. The van der Waals surface area contributed by atoms with Gasteiger partial charge in [-0.25, -0.2) is 9.78 Å². The maximum absolute atomic E-state index is 12.7. The summed E-state index contributed by atoms with van der Waals surface area (Å²) >= 11 is 0. The molecule has 4 rings (SSSR count). The fourth-order valence-electron chi connectivity index (χ4n) is 3.89. The van der Waals surface area contributed by atoms with Crippen LogP contribution in [0, 0.1) is 0 Å². The van der Waals surface area contributed by atoms with Crippen molar-refractivity contribution in [1.82, 2.24) is 25.1 Å². The molecule has 1 aromatic carbocycles. The van der Waals surface area contributed by atoms with Gasteiger partial charge in [-0.3, -0.25) is 9.69 Å². The number of nitrogens with zero attached hydrogens (tertiary/aromatic N) is 3. The van der Waals surface area contributed by atoms with Gasteiger partial charge >= 0.3 is 6.03 Å². The van der Waals surface area contributed by atoms with E-state index in [1.165, 1.54) is 4.90 Å². The molecule has 7 heteroatoms. The van der Waals surface area contributed by atoms with Crippen LogP contribution in [0.1, 0.15) is 25.1 Å². The average Bonchev–Trinajstić information content (AvgIpc) is 3.05. The van der Waals surface area contributed by atoms with E-state index in [9.17, 15) is 9.59 Å². The van der Waals surface area contributed by atoms with Crippen LogP contribution in [0.15, 0.2) is 24.3 Å². The van der Waals surface area contributed by atoms with Gasteiger partial charge in [0.25, 0.3) is 5.91 Å².